The highest BCUT2D eigenvalue weighted by atomic mass is 16.6. The number of piperidine rings is 1. The normalized spacial score (nSPS) is 13.9. The van der Waals surface area contributed by atoms with Gasteiger partial charge < -0.3 is 19.7 Å². The number of anilines is 2. The number of methoxy groups -OCH3 is 2. The minimum absolute atomic E-state index is 0.0954. The Balaban J connectivity index is 1.39. The number of nitro benzene ring substituents is 1. The summed E-state index contributed by atoms with van der Waals surface area (Å²) in [7, 11) is 3.04. The number of rotatable bonds is 7. The first-order valence-electron chi connectivity index (χ1n) is 10.8. The van der Waals surface area contributed by atoms with Crippen LogP contribution in [-0.4, -0.2) is 48.1 Å². The highest BCUT2D eigenvalue weighted by molar-refractivity contribution is 5.94. The number of nitrogens with zero attached hydrogens (tertiary/aromatic N) is 4. The van der Waals surface area contributed by atoms with Gasteiger partial charge in [-0.15, -0.1) is 0 Å². The van der Waals surface area contributed by atoms with Gasteiger partial charge in [0.2, 0.25) is 5.91 Å². The number of hydrogen-bond acceptors (Lipinski definition) is 8. The number of carbonyl (C=O) groups is 1. The number of nitro groups is 1. The molecule has 4 rings (SSSR count). The van der Waals surface area contributed by atoms with Crippen molar-refractivity contribution in [2.24, 2.45) is 5.92 Å². The molecule has 2 aromatic carbocycles. The highest BCUT2D eigenvalue weighted by Crippen LogP contribution is 2.31. The van der Waals surface area contributed by atoms with E-state index in [0.29, 0.717) is 31.6 Å². The van der Waals surface area contributed by atoms with Gasteiger partial charge in [-0.25, -0.2) is 9.97 Å². The van der Waals surface area contributed by atoms with Crippen molar-refractivity contribution in [2.45, 2.75) is 12.8 Å². The molecule has 1 amide bonds. The van der Waals surface area contributed by atoms with Crippen LogP contribution in [0.15, 0.2) is 54.9 Å². The molecule has 1 fully saturated rings. The van der Waals surface area contributed by atoms with Gasteiger partial charge >= 0.3 is 0 Å². The molecule has 3 aromatic rings. The Morgan fingerprint density at radius 2 is 1.79 bits per heavy atom. The molecule has 34 heavy (non-hydrogen) atoms. The number of nitrogens with one attached hydrogen (secondary N) is 1. The third kappa shape index (κ3) is 5.06. The number of ether oxygens (including phenoxy) is 2. The molecular formula is C24H25N5O5. The minimum atomic E-state index is -0.503. The summed E-state index contributed by atoms with van der Waals surface area (Å²) in [6.07, 6.45) is 2.86. The van der Waals surface area contributed by atoms with Crippen molar-refractivity contribution >= 4 is 23.1 Å². The molecule has 2 heterocycles. The number of benzene rings is 2. The monoisotopic (exact) mass is 463 g/mol. The van der Waals surface area contributed by atoms with E-state index in [4.69, 9.17) is 9.47 Å². The Hall–Kier alpha value is -4.21. The summed E-state index contributed by atoms with van der Waals surface area (Å²) in [5, 5.41) is 13.8. The van der Waals surface area contributed by atoms with Crippen LogP contribution in [0.2, 0.25) is 0 Å². The van der Waals surface area contributed by atoms with Crippen LogP contribution in [0.1, 0.15) is 12.8 Å². The van der Waals surface area contributed by atoms with Crippen molar-refractivity contribution in [3.8, 4) is 22.8 Å². The van der Waals surface area contributed by atoms with Crippen LogP contribution in [0.4, 0.5) is 17.2 Å². The molecular weight excluding hydrogens is 438 g/mol. The van der Waals surface area contributed by atoms with Gasteiger partial charge in [0.1, 0.15) is 23.6 Å². The zero-order valence-electron chi connectivity index (χ0n) is 18.9. The Bertz CT molecular complexity index is 1180. The van der Waals surface area contributed by atoms with Crippen molar-refractivity contribution < 1.29 is 19.2 Å². The first-order valence-corrected chi connectivity index (χ1v) is 10.8. The van der Waals surface area contributed by atoms with Gasteiger partial charge in [-0.1, -0.05) is 0 Å². The lowest BCUT2D eigenvalue weighted by Crippen LogP contribution is -2.38. The van der Waals surface area contributed by atoms with Crippen LogP contribution in [0, 0.1) is 16.0 Å². The van der Waals surface area contributed by atoms with Crippen LogP contribution in [0.5, 0.6) is 11.5 Å². The number of hydrogen-bond donors (Lipinski definition) is 1. The molecule has 176 valence electrons. The standard InChI is InChI=1S/C24H25N5O5/c1-33-19-6-3-16(4-7-19)21-14-23(26-15-25-21)28-11-9-17(10-12-28)24(30)27-20-8-5-18(29(31)32)13-22(20)34-2/h3-8,13-15,17H,9-12H2,1-2H3,(H,27,30). The fourth-order valence-electron chi connectivity index (χ4n) is 3.94. The second kappa shape index (κ2) is 10.2. The molecule has 0 saturated carbocycles. The first kappa shape index (κ1) is 23.0. The van der Waals surface area contributed by atoms with E-state index >= 15 is 0 Å². The molecule has 0 atom stereocenters. The number of carbonyl (C=O) groups excluding carboxylic acids is 1. The van der Waals surface area contributed by atoms with E-state index in [9.17, 15) is 14.9 Å². The maximum atomic E-state index is 12.8. The van der Waals surface area contributed by atoms with Crippen molar-refractivity contribution in [1.29, 1.82) is 0 Å². The highest BCUT2D eigenvalue weighted by Gasteiger charge is 2.27. The Kier molecular flexibility index (Phi) is 6.86. The van der Waals surface area contributed by atoms with Crippen molar-refractivity contribution in [3.05, 3.63) is 65.0 Å². The molecule has 1 aliphatic heterocycles. The van der Waals surface area contributed by atoms with E-state index in [0.717, 1.165) is 22.8 Å². The molecule has 0 unspecified atom stereocenters. The van der Waals surface area contributed by atoms with Gasteiger partial charge in [-0.05, 0) is 43.2 Å². The van der Waals surface area contributed by atoms with Crippen LogP contribution in [0.3, 0.4) is 0 Å². The van der Waals surface area contributed by atoms with Gasteiger partial charge in [0.25, 0.3) is 5.69 Å². The lowest BCUT2D eigenvalue weighted by Gasteiger charge is -2.32. The quantitative estimate of drug-likeness (QED) is 0.413. The lowest BCUT2D eigenvalue weighted by atomic mass is 9.95. The zero-order valence-corrected chi connectivity index (χ0v) is 18.9. The van der Waals surface area contributed by atoms with E-state index in [1.54, 1.807) is 13.4 Å². The van der Waals surface area contributed by atoms with Gasteiger partial charge in [0.15, 0.2) is 0 Å². The molecule has 0 aliphatic carbocycles. The Labute approximate surface area is 196 Å². The van der Waals surface area contributed by atoms with Gasteiger partial charge in [0.05, 0.1) is 36.6 Å². The average molecular weight is 463 g/mol. The smallest absolute Gasteiger partial charge is 0.273 e. The molecule has 10 nitrogen and oxygen atoms in total. The lowest BCUT2D eigenvalue weighted by molar-refractivity contribution is -0.384. The van der Waals surface area contributed by atoms with Crippen LogP contribution in [0.25, 0.3) is 11.3 Å². The molecule has 0 bridgehead atoms. The largest absolute Gasteiger partial charge is 0.497 e. The summed E-state index contributed by atoms with van der Waals surface area (Å²) >= 11 is 0. The predicted molar refractivity (Wildman–Crippen MR) is 127 cm³/mol. The SMILES string of the molecule is COc1ccc(-c2cc(N3CCC(C(=O)Nc4ccc([N+](=O)[O-])cc4OC)CC3)ncn2)cc1. The molecule has 1 aliphatic rings. The summed E-state index contributed by atoms with van der Waals surface area (Å²) in [6.45, 7) is 1.35. The van der Waals surface area contributed by atoms with Crippen LogP contribution < -0.4 is 19.7 Å². The van der Waals surface area contributed by atoms with Crippen molar-refractivity contribution in [2.75, 3.05) is 37.5 Å². The fraction of sp³-hybridized carbons (Fsp3) is 0.292. The Morgan fingerprint density at radius 3 is 2.44 bits per heavy atom. The van der Waals surface area contributed by atoms with E-state index < -0.39 is 4.92 Å². The van der Waals surface area contributed by atoms with Gasteiger partial charge in [0, 0.05) is 36.7 Å². The third-order valence-corrected chi connectivity index (χ3v) is 5.88. The summed E-state index contributed by atoms with van der Waals surface area (Å²) in [4.78, 5) is 34.3. The molecule has 0 spiro atoms. The second-order valence-corrected chi connectivity index (χ2v) is 7.88. The van der Waals surface area contributed by atoms with Crippen molar-refractivity contribution in [1.82, 2.24) is 9.97 Å². The summed E-state index contributed by atoms with van der Waals surface area (Å²) in [5.41, 5.74) is 2.11. The predicted octanol–water partition coefficient (Wildman–Crippen LogP) is 3.92. The summed E-state index contributed by atoms with van der Waals surface area (Å²) < 4.78 is 10.4. The van der Waals surface area contributed by atoms with E-state index in [-0.39, 0.29) is 23.3 Å². The van der Waals surface area contributed by atoms with Crippen LogP contribution in [-0.2, 0) is 4.79 Å². The van der Waals surface area contributed by atoms with E-state index in [1.165, 1.54) is 25.3 Å². The van der Waals surface area contributed by atoms with Crippen LogP contribution >= 0.6 is 0 Å². The maximum Gasteiger partial charge on any atom is 0.273 e. The molecule has 1 N–H and O–H groups in total. The van der Waals surface area contributed by atoms with E-state index in [2.05, 4.69) is 20.2 Å². The molecule has 10 heteroatoms. The third-order valence-electron chi connectivity index (χ3n) is 5.88. The summed E-state index contributed by atoms with van der Waals surface area (Å²) in [6, 6.07) is 13.8. The average Bonchev–Trinajstić information content (AvgIpc) is 2.89. The second-order valence-electron chi connectivity index (χ2n) is 7.88. The number of amides is 1. The zero-order chi connectivity index (χ0) is 24.1. The fourth-order valence-corrected chi connectivity index (χ4v) is 3.94. The minimum Gasteiger partial charge on any atom is -0.497 e. The Morgan fingerprint density at radius 1 is 1.06 bits per heavy atom. The summed E-state index contributed by atoms with van der Waals surface area (Å²) in [5.74, 6) is 1.54. The number of aromatic nitrogens is 2. The maximum absolute atomic E-state index is 12.8. The molecule has 1 saturated heterocycles. The molecule has 0 radical (unpaired) electrons. The van der Waals surface area contributed by atoms with Crippen molar-refractivity contribution in [3.63, 3.8) is 0 Å². The van der Waals surface area contributed by atoms with E-state index in [1.807, 2.05) is 30.3 Å². The van der Waals surface area contributed by atoms with Gasteiger partial charge in [-0.2, -0.15) is 0 Å². The van der Waals surface area contributed by atoms with Gasteiger partial charge in [-0.3, -0.25) is 14.9 Å². The first-order chi connectivity index (χ1) is 16.5. The molecule has 1 aromatic heterocycles. The topological polar surface area (TPSA) is 120 Å². The number of non-ortho nitro benzene ring substituents is 1.